The minimum Gasteiger partial charge on any atom is -0.507 e. The van der Waals surface area contributed by atoms with Gasteiger partial charge in [0.15, 0.2) is 0 Å². The summed E-state index contributed by atoms with van der Waals surface area (Å²) in [5.41, 5.74) is 4.28. The van der Waals surface area contributed by atoms with E-state index in [0.29, 0.717) is 12.1 Å². The number of hydrogen-bond donors (Lipinski definition) is 2. The Morgan fingerprint density at radius 1 is 0.938 bits per heavy atom. The van der Waals surface area contributed by atoms with E-state index in [-0.39, 0.29) is 17.1 Å². The maximum absolute atomic E-state index is 12.8. The van der Waals surface area contributed by atoms with Crippen LogP contribution in [-0.4, -0.2) is 42.1 Å². The van der Waals surface area contributed by atoms with E-state index >= 15 is 0 Å². The lowest BCUT2D eigenvalue weighted by Gasteiger charge is -2.42. The number of aromatic hydroxyl groups is 1. The highest BCUT2D eigenvalue weighted by Gasteiger charge is 2.36. The maximum atomic E-state index is 12.8. The summed E-state index contributed by atoms with van der Waals surface area (Å²) in [5.74, 6) is -0.204. The summed E-state index contributed by atoms with van der Waals surface area (Å²) in [6.07, 6.45) is 3.05. The molecule has 0 bridgehead atoms. The average molecular weight is 429 g/mol. The van der Waals surface area contributed by atoms with Crippen LogP contribution in [0.3, 0.4) is 0 Å². The lowest BCUT2D eigenvalue weighted by atomic mass is 9.72. The van der Waals surface area contributed by atoms with Crippen molar-refractivity contribution in [3.63, 3.8) is 0 Å². The third-order valence-corrected chi connectivity index (χ3v) is 6.89. The second-order valence-corrected chi connectivity index (χ2v) is 8.86. The van der Waals surface area contributed by atoms with E-state index in [4.69, 9.17) is 0 Å². The molecule has 3 aromatic rings. The zero-order chi connectivity index (χ0) is 22.4. The number of nitrogens with zero attached hydrogens (tertiary/aromatic N) is 1. The van der Waals surface area contributed by atoms with Crippen molar-refractivity contribution in [2.24, 2.45) is 0 Å². The third-order valence-electron chi connectivity index (χ3n) is 6.89. The van der Waals surface area contributed by atoms with Crippen molar-refractivity contribution in [3.8, 4) is 5.75 Å². The highest BCUT2D eigenvalue weighted by atomic mass is 16.3. The summed E-state index contributed by atoms with van der Waals surface area (Å²) in [5, 5.41) is 13.2. The van der Waals surface area contributed by atoms with Gasteiger partial charge in [0.05, 0.1) is 5.56 Å². The number of benzene rings is 3. The Hall–Kier alpha value is -3.11. The molecule has 1 aliphatic rings. The molecule has 166 valence electrons. The second kappa shape index (κ2) is 10.0. The summed E-state index contributed by atoms with van der Waals surface area (Å²) in [6.45, 7) is 5.81. The molecule has 4 rings (SSSR count). The number of nitrogens with one attached hydrogen (secondary N) is 1. The molecular formula is C28H32N2O2. The first-order valence-corrected chi connectivity index (χ1v) is 11.5. The first kappa shape index (κ1) is 22.1. The summed E-state index contributed by atoms with van der Waals surface area (Å²) in [7, 11) is 0. The van der Waals surface area contributed by atoms with E-state index < -0.39 is 0 Å². The number of para-hydroxylation sites is 1. The van der Waals surface area contributed by atoms with Crippen LogP contribution in [0.5, 0.6) is 5.75 Å². The number of carbonyl (C=O) groups is 1. The van der Waals surface area contributed by atoms with Gasteiger partial charge in [0.1, 0.15) is 5.75 Å². The summed E-state index contributed by atoms with van der Waals surface area (Å²) < 4.78 is 0. The van der Waals surface area contributed by atoms with E-state index in [2.05, 4.69) is 65.7 Å². The Balaban J connectivity index is 1.42. The van der Waals surface area contributed by atoms with Gasteiger partial charge in [-0.2, -0.15) is 0 Å². The molecule has 0 aliphatic carbocycles. The molecular weight excluding hydrogens is 396 g/mol. The van der Waals surface area contributed by atoms with E-state index in [1.807, 2.05) is 6.07 Å². The lowest BCUT2D eigenvalue weighted by Crippen LogP contribution is -2.49. The first-order chi connectivity index (χ1) is 15.6. The average Bonchev–Trinajstić information content (AvgIpc) is 2.84. The van der Waals surface area contributed by atoms with Crippen LogP contribution < -0.4 is 5.32 Å². The van der Waals surface area contributed by atoms with Crippen LogP contribution in [0.25, 0.3) is 0 Å². The van der Waals surface area contributed by atoms with Crippen molar-refractivity contribution >= 4 is 5.91 Å². The van der Waals surface area contributed by atoms with Crippen LogP contribution in [0.4, 0.5) is 0 Å². The summed E-state index contributed by atoms with van der Waals surface area (Å²) >= 11 is 0. The van der Waals surface area contributed by atoms with Crippen LogP contribution >= 0.6 is 0 Å². The van der Waals surface area contributed by atoms with Crippen LogP contribution in [0.1, 0.15) is 39.9 Å². The third kappa shape index (κ3) is 5.03. The fourth-order valence-corrected chi connectivity index (χ4v) is 4.74. The standard InChI is InChI=1S/C28H32N2O2/c1-22-9-5-6-10-23(22)15-18-30-19-16-28(17-20-30,24-11-3-2-4-12-24)21-29-27(32)25-13-7-8-14-26(25)31/h2-14,31H,15-21H2,1H3,(H,29,32). The predicted octanol–water partition coefficient (Wildman–Crippen LogP) is 4.71. The Kier molecular flexibility index (Phi) is 6.91. The van der Waals surface area contributed by atoms with Crippen molar-refractivity contribution < 1.29 is 9.90 Å². The highest BCUT2D eigenvalue weighted by Crippen LogP contribution is 2.35. The predicted molar refractivity (Wildman–Crippen MR) is 129 cm³/mol. The molecule has 0 atom stereocenters. The molecule has 1 fully saturated rings. The van der Waals surface area contributed by atoms with Gasteiger partial charge in [0.25, 0.3) is 5.91 Å². The molecule has 0 spiro atoms. The molecule has 1 heterocycles. The lowest BCUT2D eigenvalue weighted by molar-refractivity contribution is 0.0919. The van der Waals surface area contributed by atoms with Crippen molar-refractivity contribution in [1.82, 2.24) is 10.2 Å². The molecule has 1 aliphatic heterocycles. The molecule has 32 heavy (non-hydrogen) atoms. The molecule has 0 radical (unpaired) electrons. The largest absolute Gasteiger partial charge is 0.507 e. The van der Waals surface area contributed by atoms with Crippen LogP contribution in [0.2, 0.25) is 0 Å². The normalized spacial score (nSPS) is 15.9. The van der Waals surface area contributed by atoms with Gasteiger partial charge in [-0.1, -0.05) is 66.7 Å². The van der Waals surface area contributed by atoms with Crippen molar-refractivity contribution in [2.75, 3.05) is 26.2 Å². The number of aryl methyl sites for hydroxylation is 1. The molecule has 1 saturated heterocycles. The number of amides is 1. The van der Waals surface area contributed by atoms with Gasteiger partial charge in [0, 0.05) is 18.5 Å². The van der Waals surface area contributed by atoms with Gasteiger partial charge in [-0.25, -0.2) is 0 Å². The zero-order valence-electron chi connectivity index (χ0n) is 18.8. The highest BCUT2D eigenvalue weighted by molar-refractivity contribution is 5.96. The number of phenols is 1. The van der Waals surface area contributed by atoms with Gasteiger partial charge in [-0.05, 0) is 68.1 Å². The van der Waals surface area contributed by atoms with Gasteiger partial charge < -0.3 is 15.3 Å². The maximum Gasteiger partial charge on any atom is 0.255 e. The monoisotopic (exact) mass is 428 g/mol. The molecule has 4 heteroatoms. The van der Waals surface area contributed by atoms with Crippen molar-refractivity contribution in [3.05, 3.63) is 101 Å². The summed E-state index contributed by atoms with van der Waals surface area (Å²) in [6, 6.07) is 25.9. The Morgan fingerprint density at radius 2 is 1.59 bits per heavy atom. The van der Waals surface area contributed by atoms with E-state index in [1.54, 1.807) is 24.3 Å². The minimum atomic E-state index is -0.222. The molecule has 1 amide bonds. The number of piperidine rings is 1. The SMILES string of the molecule is Cc1ccccc1CCN1CCC(CNC(=O)c2ccccc2O)(c2ccccc2)CC1. The number of phenolic OH excluding ortho intramolecular Hbond substituents is 1. The van der Waals surface area contributed by atoms with Crippen molar-refractivity contribution in [2.45, 2.75) is 31.6 Å². The summed E-state index contributed by atoms with van der Waals surface area (Å²) in [4.78, 5) is 15.3. The van der Waals surface area contributed by atoms with Gasteiger partial charge in [-0.15, -0.1) is 0 Å². The smallest absolute Gasteiger partial charge is 0.255 e. The Morgan fingerprint density at radius 3 is 2.31 bits per heavy atom. The second-order valence-electron chi connectivity index (χ2n) is 8.86. The number of likely N-dealkylation sites (tertiary alicyclic amines) is 1. The fraction of sp³-hybridized carbons (Fsp3) is 0.321. The van der Waals surface area contributed by atoms with E-state index in [9.17, 15) is 9.90 Å². The van der Waals surface area contributed by atoms with Crippen molar-refractivity contribution in [1.29, 1.82) is 0 Å². The quantitative estimate of drug-likeness (QED) is 0.573. The fourth-order valence-electron chi connectivity index (χ4n) is 4.74. The molecule has 0 saturated carbocycles. The van der Waals surface area contributed by atoms with Crippen LogP contribution in [-0.2, 0) is 11.8 Å². The Bertz CT molecular complexity index is 1040. The van der Waals surface area contributed by atoms with Gasteiger partial charge in [-0.3, -0.25) is 4.79 Å². The topological polar surface area (TPSA) is 52.6 Å². The molecule has 2 N–H and O–H groups in total. The van der Waals surface area contributed by atoms with E-state index in [0.717, 1.165) is 38.9 Å². The van der Waals surface area contributed by atoms with Gasteiger partial charge in [0.2, 0.25) is 0 Å². The van der Waals surface area contributed by atoms with Crippen LogP contribution in [0, 0.1) is 6.92 Å². The number of carbonyl (C=O) groups excluding carboxylic acids is 1. The molecule has 4 nitrogen and oxygen atoms in total. The van der Waals surface area contributed by atoms with E-state index in [1.165, 1.54) is 16.7 Å². The van der Waals surface area contributed by atoms with Crippen LogP contribution in [0.15, 0.2) is 78.9 Å². The number of hydrogen-bond acceptors (Lipinski definition) is 3. The molecule has 0 unspecified atom stereocenters. The first-order valence-electron chi connectivity index (χ1n) is 11.5. The molecule has 3 aromatic carbocycles. The van der Waals surface area contributed by atoms with Gasteiger partial charge >= 0.3 is 0 Å². The minimum absolute atomic E-state index is 0.0183. The number of rotatable bonds is 7. The molecule has 0 aromatic heterocycles. The Labute approximate surface area is 190 Å². The zero-order valence-corrected chi connectivity index (χ0v) is 18.8.